The summed E-state index contributed by atoms with van der Waals surface area (Å²) in [5, 5.41) is 12.2. The molecule has 1 fully saturated rings. The molecule has 0 saturated carbocycles. The number of primary amides is 2. The third kappa shape index (κ3) is 17.1. The zero-order chi connectivity index (χ0) is 44.2. The van der Waals surface area contributed by atoms with E-state index in [1.807, 2.05) is 49.5 Å². The molecule has 0 aliphatic carbocycles. The lowest BCUT2D eigenvalue weighted by Gasteiger charge is -2.31. The van der Waals surface area contributed by atoms with Gasteiger partial charge in [-0.05, 0) is 42.7 Å². The average molecular weight is 854 g/mol. The summed E-state index contributed by atoms with van der Waals surface area (Å²) in [5.74, 6) is -5.78. The van der Waals surface area contributed by atoms with Crippen molar-refractivity contribution in [3.8, 4) is 0 Å². The monoisotopic (exact) mass is 853 g/mol. The quantitative estimate of drug-likeness (QED) is 0.0699. The zero-order valence-electron chi connectivity index (χ0n) is 33.7. The third-order valence-corrected chi connectivity index (χ3v) is 10.2. The van der Waals surface area contributed by atoms with Gasteiger partial charge < -0.3 is 48.1 Å². The van der Waals surface area contributed by atoms with Gasteiger partial charge in [0.2, 0.25) is 47.3 Å². The Morgan fingerprint density at radius 3 is 2.05 bits per heavy atom. The topological polar surface area (TPSA) is 304 Å². The smallest absolute Gasteiger partial charge is 0.414 e. The standard InChI is InChI=1S/C40H55N9O10S/c1-24(2)18-28(36(54)44-20-34(52)48-40(58)59-21-25-10-5-3-6-11-25)46-38(56)31-14-9-17-49(31)39(57)30(23-60-22-26-12-7-4-8-13-26)47-37(55)29(19-33(43)51)45-35(53)27(41)15-16-32(42)50/h3-8,10-13,24,27-31H,9,14-23,41H2,1-2H3,(H2,42,50)(H2,43,51)(H,44,54)(H,45,53)(H,46,56)(H,47,55)(H,48,52,58)/t27-,28-,29-,30-,31-/m0/s1. The summed E-state index contributed by atoms with van der Waals surface area (Å²) < 4.78 is 5.04. The van der Waals surface area contributed by atoms with Crippen LogP contribution < -0.4 is 43.8 Å². The van der Waals surface area contributed by atoms with Gasteiger partial charge in [-0.1, -0.05) is 74.5 Å². The van der Waals surface area contributed by atoms with Crippen molar-refractivity contribution in [1.29, 1.82) is 0 Å². The maximum absolute atomic E-state index is 14.3. The summed E-state index contributed by atoms with van der Waals surface area (Å²) >= 11 is 1.32. The Balaban J connectivity index is 1.71. The van der Waals surface area contributed by atoms with E-state index in [1.165, 1.54) is 16.7 Å². The highest BCUT2D eigenvalue weighted by Crippen LogP contribution is 2.22. The molecule has 9 amide bonds. The van der Waals surface area contributed by atoms with Crippen LogP contribution >= 0.6 is 11.8 Å². The number of hydrogen-bond donors (Lipinski definition) is 8. The predicted octanol–water partition coefficient (Wildman–Crippen LogP) is -0.551. The molecule has 2 aromatic carbocycles. The van der Waals surface area contributed by atoms with E-state index in [9.17, 15) is 43.2 Å². The first-order valence-electron chi connectivity index (χ1n) is 19.5. The average Bonchev–Trinajstić information content (AvgIpc) is 3.71. The largest absolute Gasteiger partial charge is 0.444 e. The van der Waals surface area contributed by atoms with Gasteiger partial charge in [0.25, 0.3) is 0 Å². The van der Waals surface area contributed by atoms with Crippen LogP contribution in [0.25, 0.3) is 0 Å². The molecule has 60 heavy (non-hydrogen) atoms. The highest BCUT2D eigenvalue weighted by Gasteiger charge is 2.40. The predicted molar refractivity (Wildman–Crippen MR) is 221 cm³/mol. The molecule has 5 atom stereocenters. The van der Waals surface area contributed by atoms with Gasteiger partial charge >= 0.3 is 6.09 Å². The zero-order valence-corrected chi connectivity index (χ0v) is 34.5. The maximum Gasteiger partial charge on any atom is 0.414 e. The molecule has 20 heteroatoms. The van der Waals surface area contributed by atoms with Crippen LogP contribution in [-0.4, -0.2) is 107 Å². The Labute approximate surface area is 352 Å². The summed E-state index contributed by atoms with van der Waals surface area (Å²) in [6.45, 7) is 3.15. The minimum Gasteiger partial charge on any atom is -0.444 e. The molecule has 1 aliphatic rings. The third-order valence-electron chi connectivity index (χ3n) is 9.14. The number of carbonyl (C=O) groups excluding carboxylic acids is 9. The van der Waals surface area contributed by atoms with Gasteiger partial charge in [-0.3, -0.25) is 43.7 Å². The summed E-state index contributed by atoms with van der Waals surface area (Å²) in [5.41, 5.74) is 18.1. The molecule has 19 nitrogen and oxygen atoms in total. The van der Waals surface area contributed by atoms with Crippen molar-refractivity contribution in [1.82, 2.24) is 31.5 Å². The number of ether oxygens (including phenoxy) is 1. The molecule has 0 aromatic heterocycles. The van der Waals surface area contributed by atoms with Crippen LogP contribution in [-0.2, 0) is 55.5 Å². The fraction of sp³-hybridized carbons (Fsp3) is 0.475. The lowest BCUT2D eigenvalue weighted by atomic mass is 10.0. The number of hydrogen-bond acceptors (Lipinski definition) is 12. The number of nitrogens with two attached hydrogens (primary N) is 3. The molecule has 1 aliphatic heterocycles. The molecule has 1 saturated heterocycles. The summed E-state index contributed by atoms with van der Waals surface area (Å²) in [4.78, 5) is 117. The van der Waals surface area contributed by atoms with Crippen LogP contribution in [0.4, 0.5) is 4.79 Å². The molecule has 3 rings (SSSR count). The number of benzene rings is 2. The normalized spacial score (nSPS) is 15.4. The number of nitrogens with zero attached hydrogens (tertiary/aromatic N) is 1. The first kappa shape index (κ1) is 48.3. The van der Waals surface area contributed by atoms with Gasteiger partial charge in [0.05, 0.1) is 19.0 Å². The van der Waals surface area contributed by atoms with Crippen LogP contribution in [0.1, 0.15) is 63.5 Å². The van der Waals surface area contributed by atoms with Gasteiger partial charge in [0.1, 0.15) is 30.8 Å². The highest BCUT2D eigenvalue weighted by atomic mass is 32.2. The fourth-order valence-corrected chi connectivity index (χ4v) is 7.12. The molecule has 1 heterocycles. The molecule has 0 bridgehead atoms. The Hall–Kier alpha value is -6.02. The number of likely N-dealkylation sites (tertiary alicyclic amines) is 1. The van der Waals surface area contributed by atoms with Crippen molar-refractivity contribution in [2.45, 2.75) is 94.9 Å². The fourth-order valence-electron chi connectivity index (χ4n) is 6.12. The summed E-state index contributed by atoms with van der Waals surface area (Å²) in [6.07, 6.45) is -1.12. The summed E-state index contributed by atoms with van der Waals surface area (Å²) in [6, 6.07) is 12.0. The van der Waals surface area contributed by atoms with E-state index in [0.29, 0.717) is 17.7 Å². The van der Waals surface area contributed by atoms with Gasteiger partial charge in [-0.15, -0.1) is 0 Å². The van der Waals surface area contributed by atoms with Crippen LogP contribution in [0.15, 0.2) is 60.7 Å². The van der Waals surface area contributed by atoms with Crippen LogP contribution in [0.5, 0.6) is 0 Å². The van der Waals surface area contributed by atoms with Crippen molar-refractivity contribution in [3.05, 3.63) is 71.8 Å². The molecule has 0 radical (unpaired) electrons. The second-order valence-corrected chi connectivity index (χ2v) is 15.6. The van der Waals surface area contributed by atoms with Crippen molar-refractivity contribution in [3.63, 3.8) is 0 Å². The number of imide groups is 1. The van der Waals surface area contributed by atoms with E-state index < -0.39 is 96.5 Å². The second-order valence-electron chi connectivity index (χ2n) is 14.6. The van der Waals surface area contributed by atoms with Crippen LogP contribution in [0, 0.1) is 5.92 Å². The number of rotatable bonds is 23. The van der Waals surface area contributed by atoms with E-state index in [4.69, 9.17) is 21.9 Å². The molecule has 0 spiro atoms. The van der Waals surface area contributed by atoms with Crippen molar-refractivity contribution < 1.29 is 47.9 Å². The van der Waals surface area contributed by atoms with Gasteiger partial charge in [0, 0.05) is 24.5 Å². The number of amides is 9. The van der Waals surface area contributed by atoms with Crippen LogP contribution in [0.2, 0.25) is 0 Å². The van der Waals surface area contributed by atoms with E-state index >= 15 is 0 Å². The number of carbonyl (C=O) groups is 9. The van der Waals surface area contributed by atoms with E-state index in [0.717, 1.165) is 5.56 Å². The molecule has 326 valence electrons. The molecular formula is C40H55N9O10S. The highest BCUT2D eigenvalue weighted by molar-refractivity contribution is 7.98. The van der Waals surface area contributed by atoms with E-state index in [2.05, 4.69) is 21.3 Å². The SMILES string of the molecule is CC(C)C[C@H](NC(=O)[C@@H]1CCCN1C(=O)[C@H](CSCc1ccccc1)NC(=O)[C@H](CC(N)=O)NC(=O)[C@@H](N)CCC(N)=O)C(=O)NCC(=O)NC(=O)OCc1ccccc1. The lowest BCUT2D eigenvalue weighted by Crippen LogP contribution is -2.59. The van der Waals surface area contributed by atoms with Gasteiger partial charge in [-0.25, -0.2) is 4.79 Å². The summed E-state index contributed by atoms with van der Waals surface area (Å²) in [7, 11) is 0. The molecule has 2 aromatic rings. The van der Waals surface area contributed by atoms with Crippen molar-refractivity contribution in [2.24, 2.45) is 23.1 Å². The molecular weight excluding hydrogens is 799 g/mol. The second kappa shape index (κ2) is 24.8. The van der Waals surface area contributed by atoms with Crippen molar-refractivity contribution >= 4 is 65.1 Å². The Morgan fingerprint density at radius 1 is 0.800 bits per heavy atom. The Kier molecular flexibility index (Phi) is 20.0. The maximum atomic E-state index is 14.3. The van der Waals surface area contributed by atoms with Gasteiger partial charge in [-0.2, -0.15) is 11.8 Å². The minimum absolute atomic E-state index is 0.0277. The Morgan fingerprint density at radius 2 is 1.43 bits per heavy atom. The lowest BCUT2D eigenvalue weighted by molar-refractivity contribution is -0.142. The van der Waals surface area contributed by atoms with E-state index in [1.54, 1.807) is 30.3 Å². The minimum atomic E-state index is -1.53. The first-order valence-corrected chi connectivity index (χ1v) is 20.6. The molecule has 11 N–H and O–H groups in total. The van der Waals surface area contributed by atoms with Crippen LogP contribution in [0.3, 0.4) is 0 Å². The number of nitrogens with one attached hydrogen (secondary N) is 5. The number of alkyl carbamates (subject to hydrolysis) is 1. The van der Waals surface area contributed by atoms with Crippen molar-refractivity contribution in [2.75, 3.05) is 18.8 Å². The van der Waals surface area contributed by atoms with Gasteiger partial charge in [0.15, 0.2) is 0 Å². The number of thioether (sulfide) groups is 1. The Bertz CT molecular complexity index is 1820. The van der Waals surface area contributed by atoms with E-state index in [-0.39, 0.29) is 50.5 Å². The first-order chi connectivity index (χ1) is 28.5. The molecule has 0 unspecified atom stereocenters.